The number of rotatable bonds is 3. The second-order valence-corrected chi connectivity index (χ2v) is 7.72. The van der Waals surface area contributed by atoms with E-state index >= 15 is 0 Å². The van der Waals surface area contributed by atoms with Gasteiger partial charge in [-0.2, -0.15) is 0 Å². The third kappa shape index (κ3) is 2.16. The van der Waals surface area contributed by atoms with Gasteiger partial charge in [-0.1, -0.05) is 27.2 Å². The van der Waals surface area contributed by atoms with Gasteiger partial charge in [0.05, 0.1) is 6.54 Å². The fraction of sp³-hybridized carbons (Fsp3) is 0.941. The first kappa shape index (κ1) is 13.6. The molecule has 2 heteroatoms. The summed E-state index contributed by atoms with van der Waals surface area (Å²) in [7, 11) is 0. The maximum atomic E-state index is 5.04. The zero-order valence-electron chi connectivity index (χ0n) is 13.0. The van der Waals surface area contributed by atoms with Crippen molar-refractivity contribution in [1.82, 2.24) is 4.90 Å². The smallest absolute Gasteiger partial charge is 0.0516 e. The first-order valence-corrected chi connectivity index (χ1v) is 8.30. The van der Waals surface area contributed by atoms with E-state index in [1.807, 2.05) is 0 Å². The molecule has 0 spiro atoms. The fourth-order valence-electron chi connectivity index (χ4n) is 4.68. The van der Waals surface area contributed by atoms with Gasteiger partial charge in [-0.05, 0) is 56.5 Å². The number of aliphatic imine (C=N–C) groups is 1. The molecule has 3 aliphatic rings. The molecule has 2 saturated carbocycles. The van der Waals surface area contributed by atoms with E-state index in [-0.39, 0.29) is 0 Å². The first-order chi connectivity index (χ1) is 9.04. The number of nitrogens with zero attached hydrogens (tertiary/aromatic N) is 2. The molecule has 2 bridgehead atoms. The van der Waals surface area contributed by atoms with Crippen LogP contribution >= 0.6 is 0 Å². The van der Waals surface area contributed by atoms with Crippen LogP contribution in [0.3, 0.4) is 0 Å². The molecule has 0 unspecified atom stereocenters. The van der Waals surface area contributed by atoms with Gasteiger partial charge in [0.2, 0.25) is 0 Å². The second kappa shape index (κ2) is 4.87. The maximum absolute atomic E-state index is 5.04. The minimum absolute atomic E-state index is 0.402. The standard InChI is InChI=1S/C17H30N2/c1-16(2)14-7-8-17(16,3)15(13-14)18-9-12-19-10-5-4-6-11-19/h14H,4-13H2,1-3H3/t14-,17+/m1/s1. The lowest BCUT2D eigenvalue weighted by Crippen LogP contribution is -2.34. The molecule has 2 atom stereocenters. The van der Waals surface area contributed by atoms with Crippen molar-refractivity contribution in [3.05, 3.63) is 0 Å². The third-order valence-electron chi connectivity index (χ3n) is 6.68. The molecule has 0 amide bonds. The van der Waals surface area contributed by atoms with E-state index in [0.29, 0.717) is 10.8 Å². The summed E-state index contributed by atoms with van der Waals surface area (Å²) in [6, 6.07) is 0. The molecule has 0 aromatic carbocycles. The highest BCUT2D eigenvalue weighted by atomic mass is 15.1. The molecule has 1 heterocycles. The Balaban J connectivity index is 1.59. The summed E-state index contributed by atoms with van der Waals surface area (Å²) in [5, 5.41) is 0. The summed E-state index contributed by atoms with van der Waals surface area (Å²) in [4.78, 5) is 7.65. The van der Waals surface area contributed by atoms with Gasteiger partial charge >= 0.3 is 0 Å². The highest BCUT2D eigenvalue weighted by Gasteiger charge is 2.59. The number of fused-ring (bicyclic) bond motifs is 2. The van der Waals surface area contributed by atoms with E-state index < -0.39 is 0 Å². The molecular formula is C17H30N2. The molecular weight excluding hydrogens is 232 g/mol. The van der Waals surface area contributed by atoms with Crippen molar-refractivity contribution in [3.8, 4) is 0 Å². The Morgan fingerprint density at radius 1 is 1.16 bits per heavy atom. The predicted octanol–water partition coefficient (Wildman–Crippen LogP) is 3.76. The van der Waals surface area contributed by atoms with E-state index in [2.05, 4.69) is 25.7 Å². The Labute approximate surface area is 118 Å². The number of likely N-dealkylation sites (tertiary alicyclic amines) is 1. The largest absolute Gasteiger partial charge is 0.301 e. The van der Waals surface area contributed by atoms with Crippen molar-refractivity contribution in [2.24, 2.45) is 21.7 Å². The molecule has 3 fully saturated rings. The van der Waals surface area contributed by atoms with E-state index in [1.54, 1.807) is 5.71 Å². The Bertz CT molecular complexity index is 365. The highest BCUT2D eigenvalue weighted by molar-refractivity contribution is 5.94. The highest BCUT2D eigenvalue weighted by Crippen LogP contribution is 2.63. The number of piperidine rings is 1. The van der Waals surface area contributed by atoms with Crippen molar-refractivity contribution < 1.29 is 0 Å². The Morgan fingerprint density at radius 2 is 1.89 bits per heavy atom. The Kier molecular flexibility index (Phi) is 3.49. The van der Waals surface area contributed by atoms with Gasteiger partial charge in [0.15, 0.2) is 0 Å². The van der Waals surface area contributed by atoms with E-state index in [1.165, 1.54) is 58.2 Å². The molecule has 3 rings (SSSR count). The first-order valence-electron chi connectivity index (χ1n) is 8.30. The minimum Gasteiger partial charge on any atom is -0.301 e. The molecule has 0 aromatic rings. The fourth-order valence-corrected chi connectivity index (χ4v) is 4.68. The van der Waals surface area contributed by atoms with Crippen molar-refractivity contribution in [3.63, 3.8) is 0 Å². The summed E-state index contributed by atoms with van der Waals surface area (Å²) < 4.78 is 0. The topological polar surface area (TPSA) is 15.6 Å². The molecule has 19 heavy (non-hydrogen) atoms. The van der Waals surface area contributed by atoms with E-state index in [0.717, 1.165) is 12.5 Å². The lowest BCUT2D eigenvalue weighted by molar-refractivity contribution is 0.193. The molecule has 0 radical (unpaired) electrons. The molecule has 1 aliphatic heterocycles. The van der Waals surface area contributed by atoms with Crippen molar-refractivity contribution in [1.29, 1.82) is 0 Å². The molecule has 2 aliphatic carbocycles. The van der Waals surface area contributed by atoms with Gasteiger partial charge in [-0.15, -0.1) is 0 Å². The zero-order valence-corrected chi connectivity index (χ0v) is 13.0. The SMILES string of the molecule is CC1(C)[C@@H]2CC[C@@]1(C)C(=NCCN1CCCCC1)C2. The molecule has 108 valence electrons. The number of hydrogen-bond acceptors (Lipinski definition) is 2. The minimum atomic E-state index is 0.402. The molecule has 2 nitrogen and oxygen atoms in total. The zero-order chi connectivity index (χ0) is 13.5. The van der Waals surface area contributed by atoms with Crippen molar-refractivity contribution in [2.45, 2.75) is 59.3 Å². The van der Waals surface area contributed by atoms with Crippen LogP contribution in [0.4, 0.5) is 0 Å². The van der Waals surface area contributed by atoms with Crippen LogP contribution in [0.25, 0.3) is 0 Å². The Morgan fingerprint density at radius 3 is 2.47 bits per heavy atom. The van der Waals surface area contributed by atoms with Crippen molar-refractivity contribution in [2.75, 3.05) is 26.2 Å². The molecule has 1 saturated heterocycles. The van der Waals surface area contributed by atoms with Crippen LogP contribution in [0, 0.1) is 16.7 Å². The van der Waals surface area contributed by atoms with Crippen LogP contribution in [-0.4, -0.2) is 36.8 Å². The summed E-state index contributed by atoms with van der Waals surface area (Å²) in [5.41, 5.74) is 2.43. The van der Waals surface area contributed by atoms with Gasteiger partial charge in [0.1, 0.15) is 0 Å². The van der Waals surface area contributed by atoms with Crippen molar-refractivity contribution >= 4 is 5.71 Å². The van der Waals surface area contributed by atoms with Crippen LogP contribution in [0.15, 0.2) is 4.99 Å². The lowest BCUT2D eigenvalue weighted by Gasteiger charge is -2.34. The summed E-state index contributed by atoms with van der Waals surface area (Å²) in [6.07, 6.45) is 8.29. The monoisotopic (exact) mass is 262 g/mol. The number of hydrogen-bond donors (Lipinski definition) is 0. The van der Waals surface area contributed by atoms with Gasteiger partial charge in [-0.25, -0.2) is 0 Å². The van der Waals surface area contributed by atoms with Gasteiger partial charge < -0.3 is 4.90 Å². The van der Waals surface area contributed by atoms with Gasteiger partial charge in [0.25, 0.3) is 0 Å². The average molecular weight is 262 g/mol. The summed E-state index contributed by atoms with van der Waals surface area (Å²) >= 11 is 0. The van der Waals surface area contributed by atoms with Crippen LogP contribution in [-0.2, 0) is 0 Å². The summed E-state index contributed by atoms with van der Waals surface area (Å²) in [5.74, 6) is 0.895. The van der Waals surface area contributed by atoms with Crippen LogP contribution in [0.2, 0.25) is 0 Å². The van der Waals surface area contributed by atoms with Crippen LogP contribution < -0.4 is 0 Å². The van der Waals surface area contributed by atoms with Crippen LogP contribution in [0.5, 0.6) is 0 Å². The lowest BCUT2D eigenvalue weighted by atomic mass is 9.70. The average Bonchev–Trinajstić information content (AvgIpc) is 2.73. The molecule has 0 N–H and O–H groups in total. The quantitative estimate of drug-likeness (QED) is 0.756. The second-order valence-electron chi connectivity index (χ2n) is 7.72. The van der Waals surface area contributed by atoms with E-state index in [4.69, 9.17) is 4.99 Å². The third-order valence-corrected chi connectivity index (χ3v) is 6.68. The van der Waals surface area contributed by atoms with E-state index in [9.17, 15) is 0 Å². The maximum Gasteiger partial charge on any atom is 0.0516 e. The summed E-state index contributed by atoms with van der Waals surface area (Å²) in [6.45, 7) is 12.2. The predicted molar refractivity (Wildman–Crippen MR) is 81.8 cm³/mol. The van der Waals surface area contributed by atoms with Gasteiger partial charge in [0, 0.05) is 17.7 Å². The normalized spacial score (nSPS) is 40.2. The van der Waals surface area contributed by atoms with Gasteiger partial charge in [-0.3, -0.25) is 4.99 Å². The van der Waals surface area contributed by atoms with Crippen LogP contribution in [0.1, 0.15) is 59.3 Å². The molecule has 0 aromatic heterocycles. The Hall–Kier alpha value is -0.370.